The SMILES string of the molecule is Cl.NCC(NC(=O)C(Sc1ccccc1)c1ccccc1)C1CC1. The second-order valence-electron chi connectivity index (χ2n) is 5.91. The molecule has 3 nitrogen and oxygen atoms in total. The highest BCUT2D eigenvalue weighted by Gasteiger charge is 2.33. The largest absolute Gasteiger partial charge is 0.351 e. The summed E-state index contributed by atoms with van der Waals surface area (Å²) in [6, 6.07) is 20.1. The van der Waals surface area contributed by atoms with Crippen molar-refractivity contribution in [2.24, 2.45) is 11.7 Å². The van der Waals surface area contributed by atoms with E-state index in [1.807, 2.05) is 60.7 Å². The average molecular weight is 363 g/mol. The number of hydrogen-bond donors (Lipinski definition) is 2. The number of hydrogen-bond acceptors (Lipinski definition) is 3. The van der Waals surface area contributed by atoms with Gasteiger partial charge in [0.1, 0.15) is 5.25 Å². The van der Waals surface area contributed by atoms with E-state index in [4.69, 9.17) is 5.73 Å². The third kappa shape index (κ3) is 5.00. The zero-order chi connectivity index (χ0) is 16.1. The molecule has 0 heterocycles. The maximum atomic E-state index is 12.9. The maximum absolute atomic E-state index is 12.9. The molecule has 2 aromatic rings. The molecule has 1 saturated carbocycles. The van der Waals surface area contributed by atoms with Crippen LogP contribution in [-0.4, -0.2) is 18.5 Å². The van der Waals surface area contributed by atoms with E-state index in [2.05, 4.69) is 5.32 Å². The van der Waals surface area contributed by atoms with Crippen molar-refractivity contribution in [3.05, 3.63) is 66.2 Å². The number of carbonyl (C=O) groups excluding carboxylic acids is 1. The van der Waals surface area contributed by atoms with E-state index < -0.39 is 0 Å². The third-order valence-corrected chi connectivity index (χ3v) is 5.38. The van der Waals surface area contributed by atoms with Crippen LogP contribution in [0.25, 0.3) is 0 Å². The molecule has 0 aromatic heterocycles. The molecule has 24 heavy (non-hydrogen) atoms. The lowest BCUT2D eigenvalue weighted by atomic mass is 10.1. The van der Waals surface area contributed by atoms with Gasteiger partial charge in [0.2, 0.25) is 5.91 Å². The van der Waals surface area contributed by atoms with Gasteiger partial charge in [-0.3, -0.25) is 4.79 Å². The monoisotopic (exact) mass is 362 g/mol. The number of halogens is 1. The molecule has 5 heteroatoms. The van der Waals surface area contributed by atoms with E-state index in [9.17, 15) is 4.79 Å². The van der Waals surface area contributed by atoms with E-state index >= 15 is 0 Å². The number of nitrogens with two attached hydrogens (primary N) is 1. The van der Waals surface area contributed by atoms with Gasteiger partial charge in [-0.25, -0.2) is 0 Å². The zero-order valence-corrected chi connectivity index (χ0v) is 15.1. The smallest absolute Gasteiger partial charge is 0.238 e. The van der Waals surface area contributed by atoms with Crippen LogP contribution in [0.1, 0.15) is 23.7 Å². The molecular weight excluding hydrogens is 340 g/mol. The second kappa shape index (κ2) is 9.11. The van der Waals surface area contributed by atoms with Crippen LogP contribution in [-0.2, 0) is 4.79 Å². The standard InChI is InChI=1S/C19H22N2OS.ClH/c20-13-17(14-11-12-14)21-19(22)18(15-7-3-1-4-8-15)23-16-9-5-2-6-10-16;/h1-10,14,17-18H,11-13,20H2,(H,21,22);1H. The molecule has 0 spiro atoms. The lowest BCUT2D eigenvalue weighted by Crippen LogP contribution is -2.43. The van der Waals surface area contributed by atoms with Crippen molar-refractivity contribution in [3.8, 4) is 0 Å². The van der Waals surface area contributed by atoms with E-state index in [-0.39, 0.29) is 29.6 Å². The quantitative estimate of drug-likeness (QED) is 0.736. The summed E-state index contributed by atoms with van der Waals surface area (Å²) in [5.41, 5.74) is 6.85. The zero-order valence-electron chi connectivity index (χ0n) is 13.4. The molecule has 0 radical (unpaired) electrons. The first-order valence-corrected chi connectivity index (χ1v) is 8.93. The molecular formula is C19H23ClN2OS. The Balaban J connectivity index is 0.00000208. The van der Waals surface area contributed by atoms with Crippen molar-refractivity contribution in [3.63, 3.8) is 0 Å². The Bertz CT molecular complexity index is 634. The lowest BCUT2D eigenvalue weighted by molar-refractivity contribution is -0.121. The molecule has 3 N–H and O–H groups in total. The third-order valence-electron chi connectivity index (χ3n) is 4.11. The molecule has 2 atom stereocenters. The summed E-state index contributed by atoms with van der Waals surface area (Å²) in [6.07, 6.45) is 2.34. The van der Waals surface area contributed by atoms with Crippen molar-refractivity contribution >= 4 is 30.1 Å². The van der Waals surface area contributed by atoms with Crippen LogP contribution in [0.4, 0.5) is 0 Å². The Labute approximate surface area is 153 Å². The van der Waals surface area contributed by atoms with Crippen LogP contribution < -0.4 is 11.1 Å². The van der Waals surface area contributed by atoms with Crippen molar-refractivity contribution in [1.29, 1.82) is 0 Å². The van der Waals surface area contributed by atoms with E-state index in [0.29, 0.717) is 12.5 Å². The molecule has 0 bridgehead atoms. The minimum atomic E-state index is -0.258. The number of benzene rings is 2. The van der Waals surface area contributed by atoms with Crippen LogP contribution >= 0.6 is 24.2 Å². The Hall–Kier alpha value is -1.49. The van der Waals surface area contributed by atoms with Crippen LogP contribution in [0, 0.1) is 5.92 Å². The first-order chi connectivity index (χ1) is 11.3. The predicted octanol–water partition coefficient (Wildman–Crippen LogP) is 3.80. The molecule has 3 rings (SSSR count). The van der Waals surface area contributed by atoms with Gasteiger partial charge in [-0.05, 0) is 36.5 Å². The van der Waals surface area contributed by atoms with E-state index in [1.54, 1.807) is 11.8 Å². The first kappa shape index (κ1) is 18.8. The van der Waals surface area contributed by atoms with Gasteiger partial charge in [0.05, 0.1) is 0 Å². The van der Waals surface area contributed by atoms with Crippen LogP contribution in [0.5, 0.6) is 0 Å². The number of amides is 1. The van der Waals surface area contributed by atoms with Gasteiger partial charge in [-0.15, -0.1) is 24.2 Å². The van der Waals surface area contributed by atoms with Gasteiger partial charge in [0, 0.05) is 17.5 Å². The summed E-state index contributed by atoms with van der Waals surface area (Å²) in [6.45, 7) is 0.508. The van der Waals surface area contributed by atoms with Crippen molar-refractivity contribution < 1.29 is 4.79 Å². The molecule has 2 unspecified atom stereocenters. The number of rotatable bonds is 7. The van der Waals surface area contributed by atoms with Gasteiger partial charge < -0.3 is 11.1 Å². The number of carbonyl (C=O) groups is 1. The minimum Gasteiger partial charge on any atom is -0.351 e. The summed E-state index contributed by atoms with van der Waals surface area (Å²) in [7, 11) is 0. The fraction of sp³-hybridized carbons (Fsp3) is 0.316. The maximum Gasteiger partial charge on any atom is 0.238 e. The van der Waals surface area contributed by atoms with Crippen molar-refractivity contribution in [1.82, 2.24) is 5.32 Å². The summed E-state index contributed by atoms with van der Waals surface area (Å²) in [5.74, 6) is 0.606. The first-order valence-electron chi connectivity index (χ1n) is 8.05. The highest BCUT2D eigenvalue weighted by Crippen LogP contribution is 2.37. The minimum absolute atomic E-state index is 0. The molecule has 0 saturated heterocycles. The highest BCUT2D eigenvalue weighted by atomic mass is 35.5. The second-order valence-corrected chi connectivity index (χ2v) is 7.09. The predicted molar refractivity (Wildman–Crippen MR) is 102 cm³/mol. The fourth-order valence-corrected chi connectivity index (χ4v) is 3.72. The fourth-order valence-electron chi connectivity index (χ4n) is 2.66. The van der Waals surface area contributed by atoms with Gasteiger partial charge in [-0.2, -0.15) is 0 Å². The Morgan fingerprint density at radius 3 is 2.21 bits per heavy atom. The Morgan fingerprint density at radius 1 is 1.08 bits per heavy atom. The topological polar surface area (TPSA) is 55.1 Å². The molecule has 2 aromatic carbocycles. The van der Waals surface area contributed by atoms with Crippen molar-refractivity contribution in [2.75, 3.05) is 6.54 Å². The van der Waals surface area contributed by atoms with Crippen LogP contribution in [0.15, 0.2) is 65.6 Å². The van der Waals surface area contributed by atoms with Crippen LogP contribution in [0.2, 0.25) is 0 Å². The molecule has 128 valence electrons. The highest BCUT2D eigenvalue weighted by molar-refractivity contribution is 8.00. The lowest BCUT2D eigenvalue weighted by Gasteiger charge is -2.22. The average Bonchev–Trinajstić information content (AvgIpc) is 3.44. The van der Waals surface area contributed by atoms with Gasteiger partial charge >= 0.3 is 0 Å². The van der Waals surface area contributed by atoms with Gasteiger partial charge in [0.25, 0.3) is 0 Å². The molecule has 1 aliphatic carbocycles. The molecule has 1 amide bonds. The number of nitrogens with one attached hydrogen (secondary N) is 1. The molecule has 0 aliphatic heterocycles. The molecule has 1 fully saturated rings. The van der Waals surface area contributed by atoms with E-state index in [0.717, 1.165) is 10.5 Å². The molecule has 1 aliphatic rings. The van der Waals surface area contributed by atoms with Crippen LogP contribution in [0.3, 0.4) is 0 Å². The summed E-state index contributed by atoms with van der Waals surface area (Å²) in [4.78, 5) is 14.0. The summed E-state index contributed by atoms with van der Waals surface area (Å²) < 4.78 is 0. The summed E-state index contributed by atoms with van der Waals surface area (Å²) >= 11 is 1.58. The van der Waals surface area contributed by atoms with Gasteiger partial charge in [0.15, 0.2) is 0 Å². The normalized spacial score (nSPS) is 15.9. The van der Waals surface area contributed by atoms with Crippen molar-refractivity contribution in [2.45, 2.75) is 29.0 Å². The number of thioether (sulfide) groups is 1. The van der Waals surface area contributed by atoms with E-state index in [1.165, 1.54) is 12.8 Å². The summed E-state index contributed by atoms with van der Waals surface area (Å²) in [5, 5.41) is 2.90. The Morgan fingerprint density at radius 2 is 1.67 bits per heavy atom. The Kier molecular flexibility index (Phi) is 7.16. The van der Waals surface area contributed by atoms with Gasteiger partial charge in [-0.1, -0.05) is 48.5 Å².